The number of nitrogens with one attached hydrogen (secondary N) is 1. The van der Waals surface area contributed by atoms with Crippen LogP contribution < -0.4 is 10.1 Å². The van der Waals surface area contributed by atoms with Gasteiger partial charge in [0.25, 0.3) is 5.23 Å². The van der Waals surface area contributed by atoms with Crippen molar-refractivity contribution in [2.24, 2.45) is 10.9 Å². The fourth-order valence-corrected chi connectivity index (χ4v) is 8.03. The Hall–Kier alpha value is -3.87. The summed E-state index contributed by atoms with van der Waals surface area (Å²) in [5.41, 5.74) is -0.0302. The number of hydrogen-bond acceptors (Lipinski definition) is 10. The Bertz CT molecular complexity index is 1630. The smallest absolute Gasteiger partial charge is 0.416 e. The van der Waals surface area contributed by atoms with Gasteiger partial charge in [-0.1, -0.05) is 19.6 Å². The molecule has 47 heavy (non-hydrogen) atoms. The second kappa shape index (κ2) is 13.7. The number of methoxy groups -OCH3 is 1. The van der Waals surface area contributed by atoms with E-state index >= 15 is 4.39 Å². The van der Waals surface area contributed by atoms with Gasteiger partial charge in [-0.05, 0) is 67.4 Å². The molecular weight excluding hydrogens is 647 g/mol. The largest absolute Gasteiger partial charge is 0.481 e. The first-order valence-electron chi connectivity index (χ1n) is 15.3. The molecule has 1 aliphatic carbocycles. The van der Waals surface area contributed by atoms with E-state index in [9.17, 15) is 14.0 Å². The van der Waals surface area contributed by atoms with Gasteiger partial charge in [-0.3, -0.25) is 15.1 Å². The van der Waals surface area contributed by atoms with Gasteiger partial charge in [0.05, 0.1) is 30.5 Å². The number of amides is 2. The van der Waals surface area contributed by atoms with E-state index in [1.165, 1.54) is 42.6 Å². The Morgan fingerprint density at radius 2 is 2.06 bits per heavy atom. The number of rotatable bonds is 10. The van der Waals surface area contributed by atoms with E-state index in [-0.39, 0.29) is 48.3 Å². The number of likely N-dealkylation sites (tertiary alicyclic amines) is 1. The SMILES string of the molecule is COc1ncc(/C=C(\F)c2ccc(C#N)cn2)cc1[C@@]1(C)N=C(OC(=O)NCOCC[Si](C)(C)C)S[C@@]2(C(=O)N3CC[C@@H](F)C3)C[C@H]21. The molecule has 1 N–H and O–H groups in total. The molecule has 3 aliphatic rings. The van der Waals surface area contributed by atoms with Crippen molar-refractivity contribution in [3.8, 4) is 11.9 Å². The van der Waals surface area contributed by atoms with Gasteiger partial charge < -0.3 is 19.1 Å². The van der Waals surface area contributed by atoms with E-state index in [1.54, 1.807) is 13.0 Å². The van der Waals surface area contributed by atoms with Crippen LogP contribution in [-0.2, 0) is 19.8 Å². The van der Waals surface area contributed by atoms with Gasteiger partial charge in [-0.25, -0.2) is 23.6 Å². The molecular formula is C32H38F2N6O5SSi. The Balaban J connectivity index is 1.44. The highest BCUT2D eigenvalue weighted by Gasteiger charge is 2.72. The molecule has 2 amide bonds. The molecule has 0 bridgehead atoms. The number of carbonyl (C=O) groups is 2. The molecule has 250 valence electrons. The highest BCUT2D eigenvalue weighted by molar-refractivity contribution is 8.15. The van der Waals surface area contributed by atoms with Gasteiger partial charge in [0, 0.05) is 45.1 Å². The normalized spacial score (nSPS) is 25.4. The first-order chi connectivity index (χ1) is 22.3. The van der Waals surface area contributed by atoms with Crippen LogP contribution in [0, 0.1) is 17.2 Å². The van der Waals surface area contributed by atoms with Crippen LogP contribution in [-0.4, -0.2) is 84.6 Å². The quantitative estimate of drug-likeness (QED) is 0.195. The molecule has 15 heteroatoms. The van der Waals surface area contributed by atoms with E-state index in [0.717, 1.165) is 17.8 Å². The van der Waals surface area contributed by atoms with Crippen molar-refractivity contribution in [2.45, 2.75) is 61.9 Å². The first kappa shape index (κ1) is 34.5. The molecule has 2 aromatic heterocycles. The summed E-state index contributed by atoms with van der Waals surface area (Å²) in [5.74, 6) is -1.08. The van der Waals surface area contributed by atoms with Gasteiger partial charge in [-0.2, -0.15) is 5.26 Å². The van der Waals surface area contributed by atoms with Crippen LogP contribution in [0.4, 0.5) is 13.6 Å². The molecule has 2 aromatic rings. The molecule has 0 radical (unpaired) electrons. The number of carbonyl (C=O) groups excluding carboxylic acids is 2. The van der Waals surface area contributed by atoms with Crippen LogP contribution >= 0.6 is 11.8 Å². The third kappa shape index (κ3) is 7.66. The number of hydrogen-bond donors (Lipinski definition) is 1. The summed E-state index contributed by atoms with van der Waals surface area (Å²) in [6.07, 6.45) is 2.71. The zero-order valence-electron chi connectivity index (χ0n) is 27.0. The molecule has 0 spiro atoms. The monoisotopic (exact) mass is 684 g/mol. The standard InChI is InChI=1S/C32H38F2N6O5SSi/c1-31(23-12-21(17-37-27(23)43-2)13-24(34)25-7-6-20(15-35)16-36-25)26-14-32(26,28(41)40-9-8-22(33)18-40)46-30(39-31)45-29(42)38-19-44-10-11-47(3,4)5/h6-7,12-13,16-17,22,26H,8-11,14,18-19H2,1-5H3,(H,38,42)/b24-13-/t22-,26+,31-,32+/m1/s1. The predicted molar refractivity (Wildman–Crippen MR) is 177 cm³/mol. The van der Waals surface area contributed by atoms with Crippen molar-refractivity contribution in [2.75, 3.05) is 33.5 Å². The Morgan fingerprint density at radius 3 is 2.70 bits per heavy atom. The lowest BCUT2D eigenvalue weighted by Crippen LogP contribution is -2.45. The molecule has 4 heterocycles. The summed E-state index contributed by atoms with van der Waals surface area (Å²) in [5, 5.41) is 11.6. The van der Waals surface area contributed by atoms with E-state index in [0.29, 0.717) is 36.3 Å². The molecule has 11 nitrogen and oxygen atoms in total. The lowest BCUT2D eigenvalue weighted by atomic mass is 9.85. The number of nitriles is 1. The number of aliphatic imine (C=N–C) groups is 1. The van der Waals surface area contributed by atoms with Crippen LogP contribution in [0.25, 0.3) is 11.9 Å². The number of alkyl carbamates (subject to hydrolysis) is 1. The van der Waals surface area contributed by atoms with Crippen LogP contribution in [0.2, 0.25) is 25.7 Å². The van der Waals surface area contributed by atoms with Gasteiger partial charge >= 0.3 is 6.09 Å². The van der Waals surface area contributed by atoms with E-state index in [2.05, 4.69) is 34.9 Å². The molecule has 1 saturated carbocycles. The van der Waals surface area contributed by atoms with Crippen LogP contribution in [0.3, 0.4) is 0 Å². The van der Waals surface area contributed by atoms with Crippen molar-refractivity contribution in [3.05, 3.63) is 53.0 Å². The Morgan fingerprint density at radius 1 is 1.28 bits per heavy atom. The molecule has 4 atom stereocenters. The molecule has 5 rings (SSSR count). The van der Waals surface area contributed by atoms with Crippen LogP contribution in [0.15, 0.2) is 35.6 Å². The fourth-order valence-electron chi connectivity index (χ4n) is 5.77. The average Bonchev–Trinajstić information content (AvgIpc) is 3.64. The summed E-state index contributed by atoms with van der Waals surface area (Å²) >= 11 is 1.06. The lowest BCUT2D eigenvalue weighted by molar-refractivity contribution is -0.131. The maximum atomic E-state index is 15.3. The second-order valence-electron chi connectivity index (χ2n) is 13.2. The fraction of sp³-hybridized carbons (Fsp3) is 0.500. The summed E-state index contributed by atoms with van der Waals surface area (Å²) in [7, 11) is 0.139. The minimum atomic E-state index is -1.30. The zero-order valence-corrected chi connectivity index (χ0v) is 28.8. The lowest BCUT2D eigenvalue weighted by Gasteiger charge is -2.35. The number of fused-ring (bicyclic) bond motifs is 1. The van der Waals surface area contributed by atoms with Gasteiger partial charge in [0.2, 0.25) is 11.8 Å². The number of halogens is 2. The topological polar surface area (TPSA) is 139 Å². The second-order valence-corrected chi connectivity index (χ2v) is 20.1. The van der Waals surface area contributed by atoms with Gasteiger partial charge in [-0.15, -0.1) is 0 Å². The van der Waals surface area contributed by atoms with Crippen molar-refractivity contribution in [3.63, 3.8) is 0 Å². The molecule has 0 aromatic carbocycles. The first-order valence-corrected chi connectivity index (χ1v) is 19.8. The van der Waals surface area contributed by atoms with Crippen molar-refractivity contribution < 1.29 is 32.6 Å². The number of nitrogens with zero attached hydrogens (tertiary/aromatic N) is 5. The zero-order chi connectivity index (χ0) is 34.0. The molecule has 1 saturated heterocycles. The molecule has 2 fully saturated rings. The maximum absolute atomic E-state index is 15.3. The van der Waals surface area contributed by atoms with Crippen molar-refractivity contribution >= 4 is 49.0 Å². The number of alkyl halides is 1. The highest BCUT2D eigenvalue weighted by Crippen LogP contribution is 2.67. The van der Waals surface area contributed by atoms with Gasteiger partial charge in [0.1, 0.15) is 29.5 Å². The maximum Gasteiger partial charge on any atom is 0.416 e. The summed E-state index contributed by atoms with van der Waals surface area (Å²) < 4.78 is 45.2. The minimum absolute atomic E-state index is 0.000966. The van der Waals surface area contributed by atoms with E-state index in [4.69, 9.17) is 24.5 Å². The van der Waals surface area contributed by atoms with E-state index in [1.807, 2.05) is 6.07 Å². The number of thioether (sulfide) groups is 1. The number of pyridine rings is 2. The van der Waals surface area contributed by atoms with Crippen molar-refractivity contribution in [1.82, 2.24) is 20.2 Å². The summed E-state index contributed by atoms with van der Waals surface area (Å²) in [6.45, 7) is 9.22. The third-order valence-corrected chi connectivity index (χ3v) is 11.5. The summed E-state index contributed by atoms with van der Waals surface area (Å²) in [6, 6.07) is 7.42. The predicted octanol–water partition coefficient (Wildman–Crippen LogP) is 5.51. The minimum Gasteiger partial charge on any atom is -0.481 e. The molecule has 0 unspecified atom stereocenters. The Kier molecular flexibility index (Phi) is 10.0. The number of aromatic nitrogens is 2. The summed E-state index contributed by atoms with van der Waals surface area (Å²) in [4.78, 5) is 41.5. The number of ether oxygens (including phenoxy) is 3. The van der Waals surface area contributed by atoms with Gasteiger partial charge in [0.15, 0.2) is 0 Å². The highest BCUT2D eigenvalue weighted by atomic mass is 32.2. The Labute approximate surface area is 277 Å². The molecule has 2 aliphatic heterocycles. The van der Waals surface area contributed by atoms with Crippen molar-refractivity contribution in [1.29, 1.82) is 5.26 Å². The average molecular weight is 685 g/mol. The van der Waals surface area contributed by atoms with E-state index < -0.39 is 36.5 Å². The third-order valence-electron chi connectivity index (χ3n) is 8.50. The van der Waals surface area contributed by atoms with Crippen LogP contribution in [0.5, 0.6) is 5.88 Å². The van der Waals surface area contributed by atoms with Crippen LogP contribution in [0.1, 0.15) is 42.1 Å².